The second kappa shape index (κ2) is 4.83. The molecule has 0 amide bonds. The van der Waals surface area contributed by atoms with Crippen LogP contribution in [-0.4, -0.2) is 16.9 Å². The van der Waals surface area contributed by atoms with Crippen molar-refractivity contribution in [1.82, 2.24) is 9.78 Å². The van der Waals surface area contributed by atoms with Gasteiger partial charge >= 0.3 is 0 Å². The van der Waals surface area contributed by atoms with Gasteiger partial charge in [0.25, 0.3) is 0 Å². The number of aromatic nitrogens is 2. The number of nitriles is 1. The number of hydrogen-bond acceptors (Lipinski definition) is 3. The average molecular weight is 306 g/mol. The van der Waals surface area contributed by atoms with E-state index in [-0.39, 0.29) is 0 Å². The Bertz CT molecular complexity index is 640. The molecule has 1 aromatic carbocycles. The summed E-state index contributed by atoms with van der Waals surface area (Å²) >= 11 is 3.48. The summed E-state index contributed by atoms with van der Waals surface area (Å²) in [5.41, 5.74) is 3.13. The fraction of sp³-hybridized carbons (Fsp3) is 0.231. The van der Waals surface area contributed by atoms with Crippen LogP contribution in [0.25, 0.3) is 5.69 Å². The van der Waals surface area contributed by atoms with Gasteiger partial charge in [0.2, 0.25) is 0 Å². The van der Waals surface area contributed by atoms with Crippen LogP contribution in [0.15, 0.2) is 22.7 Å². The highest BCUT2D eigenvalue weighted by atomic mass is 79.9. The molecule has 0 aliphatic rings. The zero-order valence-electron chi connectivity index (χ0n) is 10.4. The van der Waals surface area contributed by atoms with Gasteiger partial charge in [-0.05, 0) is 41.9 Å². The topological polar surface area (TPSA) is 50.8 Å². The summed E-state index contributed by atoms with van der Waals surface area (Å²) in [6, 6.07) is 7.48. The molecule has 2 rings (SSSR count). The third kappa shape index (κ3) is 2.00. The molecule has 0 bridgehead atoms. The van der Waals surface area contributed by atoms with Gasteiger partial charge in [-0.1, -0.05) is 0 Å². The van der Waals surface area contributed by atoms with Crippen molar-refractivity contribution in [3.8, 4) is 17.5 Å². The summed E-state index contributed by atoms with van der Waals surface area (Å²) in [5.74, 6) is 0.702. The van der Waals surface area contributed by atoms with Crippen LogP contribution in [0.4, 0.5) is 0 Å². The molecular weight excluding hydrogens is 294 g/mol. The predicted octanol–water partition coefficient (Wildman–Crippen LogP) is 3.13. The first kappa shape index (κ1) is 12.7. The Kier molecular flexibility index (Phi) is 3.39. The van der Waals surface area contributed by atoms with E-state index in [0.717, 1.165) is 21.5 Å². The molecule has 0 aliphatic heterocycles. The molecule has 1 aromatic heterocycles. The van der Waals surface area contributed by atoms with Gasteiger partial charge in [-0.3, -0.25) is 0 Å². The van der Waals surface area contributed by atoms with E-state index in [1.165, 1.54) is 0 Å². The van der Waals surface area contributed by atoms with Gasteiger partial charge in [-0.25, -0.2) is 4.68 Å². The molecule has 1 heterocycles. The summed E-state index contributed by atoms with van der Waals surface area (Å²) < 4.78 is 7.89. The maximum atomic E-state index is 9.17. The number of rotatable bonds is 2. The Morgan fingerprint density at radius 1 is 1.39 bits per heavy atom. The Morgan fingerprint density at radius 3 is 2.61 bits per heavy atom. The third-order valence-electron chi connectivity index (χ3n) is 2.76. The van der Waals surface area contributed by atoms with E-state index in [2.05, 4.69) is 27.1 Å². The minimum atomic E-state index is 0.564. The largest absolute Gasteiger partial charge is 0.497 e. The lowest BCUT2D eigenvalue weighted by molar-refractivity contribution is 0.414. The lowest BCUT2D eigenvalue weighted by Crippen LogP contribution is -2.02. The summed E-state index contributed by atoms with van der Waals surface area (Å²) in [7, 11) is 1.60. The number of nitrogens with zero attached hydrogens (tertiary/aromatic N) is 3. The van der Waals surface area contributed by atoms with Gasteiger partial charge < -0.3 is 4.74 Å². The fourth-order valence-electron chi connectivity index (χ4n) is 1.77. The highest BCUT2D eigenvalue weighted by molar-refractivity contribution is 9.10. The van der Waals surface area contributed by atoms with Gasteiger partial charge in [-0.2, -0.15) is 10.4 Å². The van der Waals surface area contributed by atoms with E-state index in [4.69, 9.17) is 10.00 Å². The molecule has 0 spiro atoms. The molecule has 0 fully saturated rings. The lowest BCUT2D eigenvalue weighted by Gasteiger charge is -2.08. The number of hydrogen-bond donors (Lipinski definition) is 0. The molecule has 0 unspecified atom stereocenters. The third-order valence-corrected chi connectivity index (χ3v) is 3.90. The highest BCUT2D eigenvalue weighted by Gasteiger charge is 2.14. The lowest BCUT2D eigenvalue weighted by atomic mass is 10.2. The first-order valence-corrected chi connectivity index (χ1v) is 6.18. The van der Waals surface area contributed by atoms with E-state index in [9.17, 15) is 0 Å². The van der Waals surface area contributed by atoms with E-state index >= 15 is 0 Å². The van der Waals surface area contributed by atoms with Crippen molar-refractivity contribution in [2.24, 2.45) is 0 Å². The Labute approximate surface area is 114 Å². The van der Waals surface area contributed by atoms with Gasteiger partial charge in [0.1, 0.15) is 11.8 Å². The van der Waals surface area contributed by atoms with Crippen molar-refractivity contribution in [2.75, 3.05) is 7.11 Å². The van der Waals surface area contributed by atoms with Crippen molar-refractivity contribution in [1.29, 1.82) is 5.26 Å². The number of aryl methyl sites for hydroxylation is 1. The second-order valence-corrected chi connectivity index (χ2v) is 4.68. The zero-order chi connectivity index (χ0) is 13.3. The van der Waals surface area contributed by atoms with E-state index < -0.39 is 0 Å². The Morgan fingerprint density at radius 2 is 2.11 bits per heavy atom. The van der Waals surface area contributed by atoms with Crippen LogP contribution < -0.4 is 4.74 Å². The summed E-state index contributed by atoms with van der Waals surface area (Å²) in [4.78, 5) is 0. The summed E-state index contributed by atoms with van der Waals surface area (Å²) in [6.07, 6.45) is 0. The molecule has 0 aliphatic carbocycles. The molecule has 0 atom stereocenters. The van der Waals surface area contributed by atoms with Crippen molar-refractivity contribution >= 4 is 15.9 Å². The number of halogens is 1. The second-order valence-electron chi connectivity index (χ2n) is 3.89. The smallest absolute Gasteiger partial charge is 0.121 e. The average Bonchev–Trinajstić information content (AvgIpc) is 2.65. The van der Waals surface area contributed by atoms with Gasteiger partial charge in [0.15, 0.2) is 0 Å². The minimum Gasteiger partial charge on any atom is -0.497 e. The molecule has 2 aromatic rings. The summed E-state index contributed by atoms with van der Waals surface area (Å²) in [5, 5.41) is 13.6. The van der Waals surface area contributed by atoms with Crippen LogP contribution >= 0.6 is 15.9 Å². The molecule has 18 heavy (non-hydrogen) atoms. The van der Waals surface area contributed by atoms with Crippen molar-refractivity contribution < 1.29 is 4.74 Å². The molecule has 5 heteroatoms. The van der Waals surface area contributed by atoms with Crippen LogP contribution in [0.5, 0.6) is 5.75 Å². The first-order chi connectivity index (χ1) is 8.58. The maximum Gasteiger partial charge on any atom is 0.121 e. The van der Waals surface area contributed by atoms with Crippen molar-refractivity contribution in [3.05, 3.63) is 39.6 Å². The van der Waals surface area contributed by atoms with Crippen LogP contribution in [0.2, 0.25) is 0 Å². The highest BCUT2D eigenvalue weighted by Crippen LogP contribution is 2.26. The van der Waals surface area contributed by atoms with E-state index in [0.29, 0.717) is 11.3 Å². The van der Waals surface area contributed by atoms with Crippen LogP contribution in [0.3, 0.4) is 0 Å². The number of benzene rings is 1. The zero-order valence-corrected chi connectivity index (χ0v) is 11.9. The van der Waals surface area contributed by atoms with Crippen molar-refractivity contribution in [2.45, 2.75) is 13.8 Å². The van der Waals surface area contributed by atoms with Crippen LogP contribution in [0.1, 0.15) is 17.0 Å². The van der Waals surface area contributed by atoms with Crippen LogP contribution in [-0.2, 0) is 0 Å². The minimum absolute atomic E-state index is 0.564. The van der Waals surface area contributed by atoms with Gasteiger partial charge in [0, 0.05) is 6.07 Å². The molecule has 92 valence electrons. The standard InChI is InChI=1S/C13H12BrN3O/c1-8-13(14)9(2)17(16-8)12-6-11(18-3)5-4-10(12)7-15/h4-6H,1-3H3. The molecule has 0 N–H and O–H groups in total. The van der Waals surface area contributed by atoms with E-state index in [1.54, 1.807) is 23.9 Å². The first-order valence-electron chi connectivity index (χ1n) is 5.38. The monoisotopic (exact) mass is 305 g/mol. The van der Waals surface area contributed by atoms with E-state index in [1.807, 2.05) is 19.9 Å². The number of methoxy groups -OCH3 is 1. The molecular formula is C13H12BrN3O. The fourth-order valence-corrected chi connectivity index (χ4v) is 2.01. The molecule has 0 radical (unpaired) electrons. The SMILES string of the molecule is COc1ccc(C#N)c(-n2nc(C)c(Br)c2C)c1. The van der Waals surface area contributed by atoms with Crippen molar-refractivity contribution in [3.63, 3.8) is 0 Å². The molecule has 0 saturated carbocycles. The number of ether oxygens (including phenoxy) is 1. The maximum absolute atomic E-state index is 9.17. The summed E-state index contributed by atoms with van der Waals surface area (Å²) in [6.45, 7) is 3.87. The van der Waals surface area contributed by atoms with Gasteiger partial charge in [0.05, 0.1) is 34.2 Å². The molecule has 4 nitrogen and oxygen atoms in total. The molecule has 0 saturated heterocycles. The Hall–Kier alpha value is -1.80. The quantitative estimate of drug-likeness (QED) is 0.856. The Balaban J connectivity index is 2.69. The van der Waals surface area contributed by atoms with Crippen LogP contribution in [0, 0.1) is 25.2 Å². The predicted molar refractivity (Wildman–Crippen MR) is 72.0 cm³/mol. The van der Waals surface area contributed by atoms with Gasteiger partial charge in [-0.15, -0.1) is 0 Å². The normalized spacial score (nSPS) is 10.2.